The molecule has 0 aromatic carbocycles. The third-order valence-corrected chi connectivity index (χ3v) is 0. The summed E-state index contributed by atoms with van der Waals surface area (Å²) in [6.45, 7) is 0. The van der Waals surface area contributed by atoms with Crippen LogP contribution in [0.2, 0.25) is 0 Å². The summed E-state index contributed by atoms with van der Waals surface area (Å²) in [5, 5.41) is 0. The molecule has 0 atom stereocenters. The van der Waals surface area contributed by atoms with E-state index >= 15 is 0 Å². The fourth-order valence-corrected chi connectivity index (χ4v) is 0. The Balaban J connectivity index is -0.00000000273. The third kappa shape index (κ3) is 480. The Kier molecular flexibility index (Phi) is 1290. The minimum Gasteiger partial charge on any atom is 0 e. The van der Waals surface area contributed by atoms with Crippen LogP contribution in [0.15, 0.2) is 0 Å². The standard InChI is InChI=1S/2CH4.2CH3.3Cl2H.Cl2.8ClH.3Fe.5Nb.4V/c;;;;4*1-2;;;;;;;;;;;;;;;;;;;;/h2*1H4;2*1H3;3*1H;;8*1H;;;;;;;;;;;;/q;;2*-1;3*+1;;;;;;;;;;;;;;;;2*+2;;;2*+2/p-6. The van der Waals surface area contributed by atoms with Crippen LogP contribution >= 0.6 is 111 Å². The Hall–Kier alpha value is 12.2. The van der Waals surface area contributed by atoms with Crippen molar-refractivity contribution < 1.29 is 271 Å². The first kappa shape index (κ1) is 141. The molecule has 213 valence electrons. The topological polar surface area (TPSA) is 0 Å². The van der Waals surface area contributed by atoms with Crippen molar-refractivity contribution in [1.29, 1.82) is 0 Å². The van der Waals surface area contributed by atoms with Gasteiger partial charge >= 0.3 is 140 Å². The third-order valence-electron chi connectivity index (χ3n) is 0. The van der Waals surface area contributed by atoms with Crippen LogP contribution in [0.5, 0.6) is 0 Å². The van der Waals surface area contributed by atoms with Gasteiger partial charge in [0.05, 0.1) is 0 Å². The van der Waals surface area contributed by atoms with Crippen molar-refractivity contribution in [2.45, 2.75) is 14.9 Å². The predicted octanol–water partition coefficient (Wildman–Crippen LogP) is 8.39. The van der Waals surface area contributed by atoms with Gasteiger partial charge in [-0.3, -0.25) is 0 Å². The van der Waals surface area contributed by atoms with Crippen LogP contribution in [0.4, 0.5) is 0 Å². The van der Waals surface area contributed by atoms with Gasteiger partial charge in [0.1, 0.15) is 0 Å². The fourth-order valence-electron chi connectivity index (χ4n) is 0. The van der Waals surface area contributed by atoms with E-state index in [-0.39, 0.29) is 214 Å². The molecule has 0 saturated carbocycles. The van der Waals surface area contributed by atoms with Crippen LogP contribution in [0.25, 0.3) is 0 Å². The van der Waals surface area contributed by atoms with Gasteiger partial charge in [0.25, 0.3) is 32.6 Å². The van der Waals surface area contributed by atoms with Crippen molar-refractivity contribution in [2.24, 2.45) is 0 Å². The average Bonchev–Trinajstić information content (AvgIpc) is 2.50. The molecule has 0 unspecified atom stereocenters. The molecule has 0 aliphatic carbocycles. The molecule has 0 aliphatic rings. The molecule has 0 aliphatic heterocycles. The summed E-state index contributed by atoms with van der Waals surface area (Å²) in [6, 6.07) is 0. The molecule has 0 bridgehead atoms. The summed E-state index contributed by atoms with van der Waals surface area (Å²) >= 11 is -1.92. The smallest absolute Gasteiger partial charge is 0 e. The quantitative estimate of drug-likeness (QED) is 0.169. The summed E-state index contributed by atoms with van der Waals surface area (Å²) in [6.07, 6.45) is 0. The number of rotatable bonds is 0. The Morgan fingerprint density at radius 2 is 0.594 bits per heavy atom. The monoisotopic (exact) mass is 1460 g/mol. The van der Waals surface area contributed by atoms with E-state index in [0.717, 1.165) is 0 Å². The second kappa shape index (κ2) is 293. The molecule has 0 saturated heterocycles. The van der Waals surface area contributed by atoms with E-state index in [1.165, 1.54) is 0 Å². The summed E-state index contributed by atoms with van der Waals surface area (Å²) in [5.74, 6) is 0. The van der Waals surface area contributed by atoms with Crippen LogP contribution in [0, 0.1) is 66.5 Å². The van der Waals surface area contributed by atoms with Gasteiger partial charge in [-0.25, -0.2) is 0 Å². The first-order chi connectivity index (χ1) is 9.66. The van der Waals surface area contributed by atoms with Gasteiger partial charge in [0.2, 0.25) is 32.6 Å². The van der Waals surface area contributed by atoms with E-state index in [4.69, 9.17) is 57.1 Å². The van der Waals surface area contributed by atoms with E-state index in [0.29, 0.717) is 0 Å². The van der Waals surface area contributed by atoms with E-state index in [1.807, 2.05) is 0 Å². The minimum absolute atomic E-state index is 0. The van der Waals surface area contributed by atoms with Crippen molar-refractivity contribution in [3.63, 3.8) is 0 Å². The molecule has 0 heterocycles. The van der Waals surface area contributed by atoms with Gasteiger partial charge in [-0.1, -0.05) is 14.9 Å². The molecule has 0 aromatic rings. The van der Waals surface area contributed by atoms with E-state index in [1.54, 1.807) is 0 Å². The first-order valence-corrected chi connectivity index (χ1v) is 26.2. The molecule has 0 spiro atoms. The second-order valence-electron chi connectivity index (χ2n) is 0.266. The van der Waals surface area contributed by atoms with Crippen molar-refractivity contribution >= 4 is 111 Å². The fraction of sp³-hybridized carbons (Fsp3) is 0.500. The van der Waals surface area contributed by atoms with Gasteiger partial charge in [0.15, 0.2) is 0 Å². The zero-order valence-corrected chi connectivity index (χ0v) is 45.6. The summed E-state index contributed by atoms with van der Waals surface area (Å²) in [4.78, 5) is 0. The molecule has 0 amide bonds. The van der Waals surface area contributed by atoms with Gasteiger partial charge < -0.3 is 14.9 Å². The second-order valence-corrected chi connectivity index (χ2v) is 12.0. The maximum Gasteiger partial charge on any atom is 0 e. The number of halogens is 16. The largest absolute Gasteiger partial charge is 0 e. The molecule has 28 heteroatoms. The maximum absolute atomic E-state index is 4.96. The van der Waals surface area contributed by atoms with Crippen LogP contribution in [0.3, 0.4) is 0 Å². The minimum atomic E-state index is -0.706. The van der Waals surface area contributed by atoms with E-state index in [2.05, 4.69) is 106 Å². The zero-order chi connectivity index (χ0) is 18.8. The van der Waals surface area contributed by atoms with Gasteiger partial charge in [-0.2, -0.15) is 0 Å². The Labute approximate surface area is 402 Å². The molecule has 0 fully saturated rings. The Morgan fingerprint density at radius 1 is 0.594 bits per heavy atom. The average molecular weight is 1470 g/mol. The Morgan fingerprint density at radius 3 is 0.594 bits per heavy atom. The summed E-state index contributed by atoms with van der Waals surface area (Å²) < 4.78 is 0. The SMILES string of the molecule is C.C.ClCl.Cl[ClH+].Cl[ClH+].Cl[ClH+].[CH3-].[CH3-].[Cl][Nb][ClH+].[Cl][Nb][Cl].[Cl][V][ClH+].[Cl][V][Cl].[Fe].[Fe].[Fe].[Nb].[Nb].[Nb].[V].[V]. The van der Waals surface area contributed by atoms with E-state index in [9.17, 15) is 0 Å². The van der Waals surface area contributed by atoms with Gasteiger partial charge in [-0.15, -0.1) is 0 Å². The molecule has 0 N–H and O–H groups in total. The molecule has 0 nitrogen and oxygen atoms in total. The van der Waals surface area contributed by atoms with Crippen molar-refractivity contribution in [3.8, 4) is 0 Å². The van der Waals surface area contributed by atoms with Crippen molar-refractivity contribution in [3.05, 3.63) is 14.9 Å². The van der Waals surface area contributed by atoms with Crippen molar-refractivity contribution in [2.75, 3.05) is 0 Å². The normalized spacial score (nSPS) is 2.50. The van der Waals surface area contributed by atoms with Gasteiger partial charge in [0, 0.05) is 177 Å². The first-order valence-electron chi connectivity index (χ1n) is 1.99. The molecular weight excluding hydrogens is 1450 g/mol. The van der Waals surface area contributed by atoms with Crippen LogP contribution in [-0.2, 0) is 219 Å². The molecular formula is C4H19Cl16Fe3Nb5V4+3. The zero-order valence-electron chi connectivity index (χ0n) is 13.3. The predicted molar refractivity (Wildman–Crippen MR) is 97.6 cm³/mol. The van der Waals surface area contributed by atoms with Crippen LogP contribution in [0.1, 0.15) is 14.9 Å². The number of hydrogen-bond acceptors (Lipinski definition) is 0. The molecule has 5 radical (unpaired) electrons. The molecule has 0 aromatic heterocycles. The Bertz CT molecular complexity index is 71.6. The van der Waals surface area contributed by atoms with Crippen LogP contribution < -0.4 is 0 Å². The number of hydrogen-bond donors (Lipinski definition) is 0. The molecule has 0 rings (SSSR count). The summed E-state index contributed by atoms with van der Waals surface area (Å²) in [5.41, 5.74) is 0. The van der Waals surface area contributed by atoms with Crippen molar-refractivity contribution in [1.82, 2.24) is 0 Å². The maximum atomic E-state index is 4.96. The van der Waals surface area contributed by atoms with E-state index < -0.39 is 35.2 Å². The summed E-state index contributed by atoms with van der Waals surface area (Å²) in [7, 11) is 69.5. The molecule has 32 heavy (non-hydrogen) atoms. The van der Waals surface area contributed by atoms with Crippen LogP contribution in [-0.4, -0.2) is 0 Å². The van der Waals surface area contributed by atoms with Gasteiger partial charge in [-0.05, 0) is 0 Å².